The van der Waals surface area contributed by atoms with E-state index < -0.39 is 29.3 Å². The molecule has 2 aromatic carbocycles. The summed E-state index contributed by atoms with van der Waals surface area (Å²) in [6.45, 7) is 10.7. The summed E-state index contributed by atoms with van der Waals surface area (Å²) >= 11 is 0. The number of rotatable bonds is 7. The Kier molecular flexibility index (Phi) is 8.07. The topological polar surface area (TPSA) is 104 Å². The van der Waals surface area contributed by atoms with Crippen molar-refractivity contribution in [1.82, 2.24) is 5.32 Å². The van der Waals surface area contributed by atoms with Gasteiger partial charge in [0.05, 0.1) is 7.11 Å². The van der Waals surface area contributed by atoms with Gasteiger partial charge in [0.15, 0.2) is 0 Å². The van der Waals surface area contributed by atoms with Crippen molar-refractivity contribution in [1.29, 1.82) is 0 Å². The number of fused-ring (bicyclic) bond motifs is 1. The molecule has 3 aromatic rings. The molecule has 192 valence electrons. The summed E-state index contributed by atoms with van der Waals surface area (Å²) in [7, 11) is 1.59. The first-order chi connectivity index (χ1) is 16.9. The number of amides is 1. The van der Waals surface area contributed by atoms with Gasteiger partial charge in [0, 0.05) is 17.0 Å². The molecule has 0 saturated carbocycles. The first-order valence-corrected chi connectivity index (χ1v) is 11.9. The average molecular weight is 496 g/mol. The number of hydrogen-bond acceptors (Lipinski definition) is 7. The Balaban J connectivity index is 1.94. The Morgan fingerprint density at radius 1 is 1.08 bits per heavy atom. The Morgan fingerprint density at radius 3 is 2.33 bits per heavy atom. The molecule has 1 aromatic heterocycles. The molecule has 3 rings (SSSR count). The molecule has 0 aliphatic carbocycles. The minimum Gasteiger partial charge on any atom is -0.497 e. The van der Waals surface area contributed by atoms with Crippen LogP contribution in [0.15, 0.2) is 51.7 Å². The number of aryl methyl sites for hydroxylation is 1. The number of ether oxygens (including phenoxy) is 3. The molecule has 0 bridgehead atoms. The van der Waals surface area contributed by atoms with Crippen LogP contribution in [-0.2, 0) is 9.53 Å². The van der Waals surface area contributed by atoms with Gasteiger partial charge in [-0.05, 0) is 69.0 Å². The van der Waals surface area contributed by atoms with Crippen LogP contribution in [0.25, 0.3) is 22.1 Å². The second kappa shape index (κ2) is 10.8. The van der Waals surface area contributed by atoms with E-state index in [-0.39, 0.29) is 11.7 Å². The Bertz CT molecular complexity index is 1300. The lowest BCUT2D eigenvalue weighted by Gasteiger charge is -2.25. The molecule has 0 aliphatic heterocycles. The quantitative estimate of drug-likeness (QED) is 0.258. The van der Waals surface area contributed by atoms with Crippen molar-refractivity contribution in [3.05, 3.63) is 58.4 Å². The van der Waals surface area contributed by atoms with Crippen LogP contribution in [0, 0.1) is 12.8 Å². The third-order valence-electron chi connectivity index (χ3n) is 5.86. The van der Waals surface area contributed by atoms with Crippen LogP contribution in [0.1, 0.15) is 46.6 Å². The van der Waals surface area contributed by atoms with E-state index in [9.17, 15) is 14.4 Å². The molecule has 1 amide bonds. The van der Waals surface area contributed by atoms with E-state index in [0.717, 1.165) is 5.56 Å². The van der Waals surface area contributed by atoms with Gasteiger partial charge in [-0.2, -0.15) is 0 Å². The fourth-order valence-electron chi connectivity index (χ4n) is 3.74. The summed E-state index contributed by atoms with van der Waals surface area (Å²) in [4.78, 5) is 37.9. The number of nitrogens with one attached hydrogen (secondary N) is 1. The molecule has 0 aliphatic rings. The number of hydrogen-bond donors (Lipinski definition) is 1. The van der Waals surface area contributed by atoms with Crippen LogP contribution in [-0.4, -0.2) is 30.8 Å². The smallest absolute Gasteiger partial charge is 0.408 e. The van der Waals surface area contributed by atoms with E-state index in [1.165, 1.54) is 6.07 Å². The van der Waals surface area contributed by atoms with Crippen molar-refractivity contribution in [2.45, 2.75) is 59.6 Å². The SMILES string of the molecule is CCC(C)C(NC(=O)OC(C)(C)C)C(=O)Oc1ccc2c(-c3ccc(OC)cc3)cc(=O)oc2c1C. The van der Waals surface area contributed by atoms with Crippen LogP contribution >= 0.6 is 0 Å². The lowest BCUT2D eigenvalue weighted by molar-refractivity contribution is -0.138. The third kappa shape index (κ3) is 6.24. The molecule has 1 heterocycles. The first-order valence-electron chi connectivity index (χ1n) is 11.9. The van der Waals surface area contributed by atoms with Crippen LogP contribution in [0.4, 0.5) is 4.79 Å². The second-order valence-corrected chi connectivity index (χ2v) is 9.70. The van der Waals surface area contributed by atoms with Crippen LogP contribution in [0.3, 0.4) is 0 Å². The largest absolute Gasteiger partial charge is 0.497 e. The molecule has 8 nitrogen and oxygen atoms in total. The summed E-state index contributed by atoms with van der Waals surface area (Å²) in [5, 5.41) is 3.33. The van der Waals surface area contributed by atoms with E-state index >= 15 is 0 Å². The molecular weight excluding hydrogens is 462 g/mol. The Morgan fingerprint density at radius 2 is 1.75 bits per heavy atom. The monoisotopic (exact) mass is 495 g/mol. The van der Waals surface area contributed by atoms with Crippen molar-refractivity contribution in [2.24, 2.45) is 5.92 Å². The molecule has 0 fully saturated rings. The summed E-state index contributed by atoms with van der Waals surface area (Å²) in [5.41, 5.74) is 1.09. The molecule has 2 atom stereocenters. The molecule has 1 N–H and O–H groups in total. The lowest BCUT2D eigenvalue weighted by Crippen LogP contribution is -2.48. The predicted octanol–water partition coefficient (Wildman–Crippen LogP) is 5.62. The molecule has 0 radical (unpaired) electrons. The Hall–Kier alpha value is -3.81. The van der Waals surface area contributed by atoms with E-state index in [2.05, 4.69) is 5.32 Å². The van der Waals surface area contributed by atoms with Crippen molar-refractivity contribution < 1.29 is 28.2 Å². The molecule has 2 unspecified atom stereocenters. The highest BCUT2D eigenvalue weighted by Gasteiger charge is 2.30. The summed E-state index contributed by atoms with van der Waals surface area (Å²) in [6, 6.07) is 11.2. The van der Waals surface area contributed by atoms with Gasteiger partial charge in [-0.15, -0.1) is 0 Å². The number of benzene rings is 2. The van der Waals surface area contributed by atoms with Gasteiger partial charge in [-0.25, -0.2) is 14.4 Å². The number of carbonyl (C=O) groups excluding carboxylic acids is 2. The van der Waals surface area contributed by atoms with Gasteiger partial charge in [0.1, 0.15) is 28.7 Å². The zero-order chi connectivity index (χ0) is 26.6. The van der Waals surface area contributed by atoms with E-state index in [0.29, 0.717) is 34.3 Å². The maximum Gasteiger partial charge on any atom is 0.408 e. The summed E-state index contributed by atoms with van der Waals surface area (Å²) < 4.78 is 21.7. The highest BCUT2D eigenvalue weighted by atomic mass is 16.6. The maximum atomic E-state index is 13.1. The third-order valence-corrected chi connectivity index (χ3v) is 5.86. The van der Waals surface area contributed by atoms with Crippen molar-refractivity contribution in [2.75, 3.05) is 7.11 Å². The van der Waals surface area contributed by atoms with Gasteiger partial charge in [-0.3, -0.25) is 0 Å². The summed E-state index contributed by atoms with van der Waals surface area (Å²) in [6.07, 6.45) is -0.0677. The minimum absolute atomic E-state index is 0.203. The number of carbonyl (C=O) groups is 2. The van der Waals surface area contributed by atoms with Gasteiger partial charge in [0.25, 0.3) is 0 Å². The predicted molar refractivity (Wildman–Crippen MR) is 137 cm³/mol. The standard InChI is InChI=1S/C28H33NO7/c1-8-16(2)24(29-27(32)36-28(4,5)6)26(31)34-22-14-13-20-21(15-23(30)35-25(20)17(22)3)18-9-11-19(33-7)12-10-18/h9-16,24H,8H2,1-7H3,(H,29,32). The van der Waals surface area contributed by atoms with Crippen molar-refractivity contribution in [3.63, 3.8) is 0 Å². The molecule has 0 saturated heterocycles. The van der Waals surface area contributed by atoms with Gasteiger partial charge in [-0.1, -0.05) is 32.4 Å². The highest BCUT2D eigenvalue weighted by Crippen LogP contribution is 2.34. The van der Waals surface area contributed by atoms with Crippen LogP contribution < -0.4 is 20.4 Å². The zero-order valence-corrected chi connectivity index (χ0v) is 21.8. The minimum atomic E-state index is -0.919. The maximum absolute atomic E-state index is 13.1. The van der Waals surface area contributed by atoms with Gasteiger partial charge in [0.2, 0.25) is 0 Å². The Labute approximate surface area is 210 Å². The number of esters is 1. The molecule has 0 spiro atoms. The van der Waals surface area contributed by atoms with Crippen LogP contribution in [0.2, 0.25) is 0 Å². The zero-order valence-electron chi connectivity index (χ0n) is 21.8. The van der Waals surface area contributed by atoms with Gasteiger partial charge < -0.3 is 23.9 Å². The fourth-order valence-corrected chi connectivity index (χ4v) is 3.74. The lowest BCUT2D eigenvalue weighted by atomic mass is 9.99. The van der Waals surface area contributed by atoms with Crippen LogP contribution in [0.5, 0.6) is 11.5 Å². The normalized spacial score (nSPS) is 13.1. The first kappa shape index (κ1) is 26.8. The highest BCUT2D eigenvalue weighted by molar-refractivity contribution is 5.96. The van der Waals surface area contributed by atoms with Gasteiger partial charge >= 0.3 is 17.7 Å². The second-order valence-electron chi connectivity index (χ2n) is 9.70. The van der Waals surface area contributed by atoms with E-state index in [1.54, 1.807) is 46.9 Å². The number of alkyl carbamates (subject to hydrolysis) is 1. The van der Waals surface area contributed by atoms with Crippen molar-refractivity contribution in [3.8, 4) is 22.6 Å². The molecule has 36 heavy (non-hydrogen) atoms. The average Bonchev–Trinajstić information content (AvgIpc) is 2.82. The van der Waals surface area contributed by atoms with Crippen molar-refractivity contribution >= 4 is 23.0 Å². The van der Waals surface area contributed by atoms with E-state index in [4.69, 9.17) is 18.6 Å². The number of methoxy groups -OCH3 is 1. The molecule has 8 heteroatoms. The molecular formula is C28H33NO7. The van der Waals surface area contributed by atoms with E-state index in [1.807, 2.05) is 38.1 Å². The summed E-state index contributed by atoms with van der Waals surface area (Å²) in [5.74, 6) is 0.103. The fraction of sp³-hybridized carbons (Fsp3) is 0.393.